The lowest BCUT2D eigenvalue weighted by Crippen LogP contribution is -2.13. The van der Waals surface area contributed by atoms with E-state index in [1.165, 1.54) is 6.07 Å². The molecule has 0 amide bonds. The van der Waals surface area contributed by atoms with E-state index in [4.69, 9.17) is 9.47 Å². The zero-order valence-corrected chi connectivity index (χ0v) is 18.8. The van der Waals surface area contributed by atoms with Gasteiger partial charge in [0.05, 0.1) is 7.11 Å². The number of aromatic hydroxyl groups is 2. The van der Waals surface area contributed by atoms with Gasteiger partial charge >= 0.3 is 0 Å². The van der Waals surface area contributed by atoms with E-state index < -0.39 is 5.78 Å². The number of fused-ring (bicyclic) bond motifs is 2. The fourth-order valence-electron chi connectivity index (χ4n) is 4.19. The number of allylic oxidation sites excluding steroid dienone is 1. The molecule has 0 bridgehead atoms. The van der Waals surface area contributed by atoms with Crippen molar-refractivity contribution in [3.05, 3.63) is 52.9 Å². The van der Waals surface area contributed by atoms with E-state index in [-0.39, 0.29) is 28.6 Å². The van der Waals surface area contributed by atoms with Crippen LogP contribution in [0, 0.1) is 6.92 Å². The number of carbonyl (C=O) groups is 1. The fourth-order valence-corrected chi connectivity index (χ4v) is 4.19. The summed E-state index contributed by atoms with van der Waals surface area (Å²) in [5, 5.41) is 20.8. The second-order valence-corrected chi connectivity index (χ2v) is 8.32. The van der Waals surface area contributed by atoms with Crippen molar-refractivity contribution in [1.29, 1.82) is 0 Å². The molecule has 168 valence electrons. The monoisotopic (exact) mass is 436 g/mol. The summed E-state index contributed by atoms with van der Waals surface area (Å²) in [5.41, 5.74) is 3.01. The average molecular weight is 437 g/mol. The van der Waals surface area contributed by atoms with Crippen molar-refractivity contribution in [1.82, 2.24) is 9.47 Å². The van der Waals surface area contributed by atoms with Gasteiger partial charge in [0.25, 0.3) is 0 Å². The molecule has 2 heterocycles. The van der Waals surface area contributed by atoms with Crippen LogP contribution in [0.25, 0.3) is 17.0 Å². The first-order valence-electron chi connectivity index (χ1n) is 10.6. The number of hydrogen-bond donors (Lipinski definition) is 2. The molecule has 0 atom stereocenters. The first-order chi connectivity index (χ1) is 15.3. The third-order valence-electron chi connectivity index (χ3n) is 5.83. The minimum atomic E-state index is -0.410. The van der Waals surface area contributed by atoms with Crippen molar-refractivity contribution in [3.8, 4) is 23.0 Å². The van der Waals surface area contributed by atoms with Crippen LogP contribution in [0.15, 0.2) is 36.1 Å². The van der Waals surface area contributed by atoms with Crippen molar-refractivity contribution in [2.24, 2.45) is 0 Å². The number of benzene rings is 2. The molecular weight excluding hydrogens is 408 g/mol. The predicted octanol–water partition coefficient (Wildman–Crippen LogP) is 4.33. The summed E-state index contributed by atoms with van der Waals surface area (Å²) in [5.74, 6) is 0.124. The highest BCUT2D eigenvalue weighted by Crippen LogP contribution is 2.41. The van der Waals surface area contributed by atoms with Crippen molar-refractivity contribution >= 4 is 22.8 Å². The molecule has 0 aliphatic carbocycles. The van der Waals surface area contributed by atoms with Gasteiger partial charge in [-0.2, -0.15) is 0 Å². The lowest BCUT2D eigenvalue weighted by atomic mass is 10.1. The Morgan fingerprint density at radius 3 is 2.66 bits per heavy atom. The van der Waals surface area contributed by atoms with E-state index in [2.05, 4.69) is 23.6 Å². The second-order valence-electron chi connectivity index (χ2n) is 8.32. The molecule has 0 spiro atoms. The van der Waals surface area contributed by atoms with E-state index >= 15 is 0 Å². The average Bonchev–Trinajstić information content (AvgIpc) is 3.19. The van der Waals surface area contributed by atoms with Gasteiger partial charge in [-0.1, -0.05) is 0 Å². The smallest absolute Gasteiger partial charge is 0.235 e. The highest BCUT2D eigenvalue weighted by Gasteiger charge is 2.32. The Balaban J connectivity index is 1.76. The van der Waals surface area contributed by atoms with E-state index in [1.54, 1.807) is 13.2 Å². The summed E-state index contributed by atoms with van der Waals surface area (Å²) in [6.45, 7) is 3.91. The van der Waals surface area contributed by atoms with Crippen LogP contribution in [-0.4, -0.2) is 53.2 Å². The first-order valence-corrected chi connectivity index (χ1v) is 10.6. The maximum absolute atomic E-state index is 12.9. The Morgan fingerprint density at radius 2 is 1.94 bits per heavy atom. The summed E-state index contributed by atoms with van der Waals surface area (Å²) in [6, 6.07) is 8.39. The summed E-state index contributed by atoms with van der Waals surface area (Å²) in [4.78, 5) is 15.1. The molecule has 0 saturated heterocycles. The molecule has 7 nitrogen and oxygen atoms in total. The van der Waals surface area contributed by atoms with Crippen LogP contribution in [0.3, 0.4) is 0 Å². The van der Waals surface area contributed by atoms with E-state index in [0.29, 0.717) is 0 Å². The number of ketones is 1. The van der Waals surface area contributed by atoms with Crippen LogP contribution in [0.5, 0.6) is 23.0 Å². The van der Waals surface area contributed by atoms with Crippen LogP contribution in [0.1, 0.15) is 34.5 Å². The normalized spacial score (nSPS) is 14.4. The van der Waals surface area contributed by atoms with Gasteiger partial charge in [0.15, 0.2) is 5.76 Å². The van der Waals surface area contributed by atoms with Crippen LogP contribution in [0.2, 0.25) is 0 Å². The maximum atomic E-state index is 12.9. The third kappa shape index (κ3) is 3.91. The molecule has 32 heavy (non-hydrogen) atoms. The number of phenols is 2. The first kappa shape index (κ1) is 21.8. The lowest BCUT2D eigenvalue weighted by Gasteiger charge is -2.11. The van der Waals surface area contributed by atoms with Gasteiger partial charge in [-0.25, -0.2) is 0 Å². The van der Waals surface area contributed by atoms with Crippen molar-refractivity contribution in [2.75, 3.05) is 27.7 Å². The van der Waals surface area contributed by atoms with Crippen LogP contribution in [-0.2, 0) is 6.54 Å². The highest BCUT2D eigenvalue weighted by molar-refractivity contribution is 6.17. The molecule has 4 rings (SSSR count). The van der Waals surface area contributed by atoms with Crippen LogP contribution >= 0.6 is 0 Å². The Bertz CT molecular complexity index is 1220. The molecule has 1 aliphatic heterocycles. The van der Waals surface area contributed by atoms with Gasteiger partial charge in [0.1, 0.15) is 28.6 Å². The summed E-state index contributed by atoms with van der Waals surface area (Å²) in [7, 11) is 5.77. The number of carbonyl (C=O) groups excluding carboxylic acids is 1. The summed E-state index contributed by atoms with van der Waals surface area (Å²) < 4.78 is 13.4. The number of rotatable bonds is 7. The fraction of sp³-hybridized carbons (Fsp3) is 0.320. The van der Waals surface area contributed by atoms with E-state index in [0.717, 1.165) is 59.9 Å². The Labute approximate surface area is 187 Å². The second kappa shape index (κ2) is 8.59. The lowest BCUT2D eigenvalue weighted by molar-refractivity contribution is 0.101. The van der Waals surface area contributed by atoms with Gasteiger partial charge in [0.2, 0.25) is 5.78 Å². The molecule has 0 radical (unpaired) electrons. The number of hydrogen-bond acceptors (Lipinski definition) is 6. The largest absolute Gasteiger partial charge is 0.508 e. The quantitative estimate of drug-likeness (QED) is 0.424. The number of methoxy groups -OCH3 is 1. The SMILES string of the molecule is COc1ccc2c(c1)c(C=C1Oc3cc(O)cc(O)c3C1=O)c(C)n2CCCCN(C)C. The molecule has 2 aromatic carbocycles. The zero-order chi connectivity index (χ0) is 23.0. The van der Waals surface area contributed by atoms with Gasteiger partial charge in [-0.15, -0.1) is 0 Å². The molecule has 1 aromatic heterocycles. The van der Waals surface area contributed by atoms with E-state index in [9.17, 15) is 15.0 Å². The van der Waals surface area contributed by atoms with Gasteiger partial charge in [0, 0.05) is 40.8 Å². The van der Waals surface area contributed by atoms with Crippen molar-refractivity contribution in [3.63, 3.8) is 0 Å². The molecular formula is C25H28N2O5. The number of aromatic nitrogens is 1. The highest BCUT2D eigenvalue weighted by atomic mass is 16.5. The van der Waals surface area contributed by atoms with Gasteiger partial charge in [-0.05, 0) is 64.7 Å². The standard InChI is InChI=1S/C25H28N2O5/c1-15-18(14-23-25(30)24-21(29)11-16(28)12-22(24)32-23)19-13-17(31-4)7-8-20(19)27(15)10-6-5-9-26(2)3/h7-8,11-14,28-29H,5-6,9-10H2,1-4H3. The Morgan fingerprint density at radius 1 is 1.16 bits per heavy atom. The third-order valence-corrected chi connectivity index (χ3v) is 5.83. The van der Waals surface area contributed by atoms with E-state index in [1.807, 2.05) is 25.1 Å². The Kier molecular flexibility index (Phi) is 5.84. The maximum Gasteiger partial charge on any atom is 0.235 e. The Hall–Kier alpha value is -3.45. The van der Waals surface area contributed by atoms with Crippen molar-refractivity contribution in [2.45, 2.75) is 26.3 Å². The minimum absolute atomic E-state index is 0.0664. The number of unbranched alkanes of at least 4 members (excludes halogenated alkanes) is 1. The number of nitrogens with zero attached hydrogens (tertiary/aromatic N) is 2. The van der Waals surface area contributed by atoms with Gasteiger partial charge in [-0.3, -0.25) is 4.79 Å². The summed E-state index contributed by atoms with van der Waals surface area (Å²) in [6.07, 6.45) is 3.82. The number of ether oxygens (including phenoxy) is 2. The number of aryl methyl sites for hydroxylation is 1. The predicted molar refractivity (Wildman–Crippen MR) is 124 cm³/mol. The topological polar surface area (TPSA) is 84.2 Å². The van der Waals surface area contributed by atoms with Crippen LogP contribution < -0.4 is 9.47 Å². The summed E-state index contributed by atoms with van der Waals surface area (Å²) >= 11 is 0. The van der Waals surface area contributed by atoms with Gasteiger partial charge < -0.3 is 29.2 Å². The molecule has 1 aliphatic rings. The number of Topliss-reactive ketones (excluding diaryl/α,β-unsaturated/α-hetero) is 1. The molecule has 0 saturated carbocycles. The van der Waals surface area contributed by atoms with Crippen LogP contribution in [0.4, 0.5) is 0 Å². The zero-order valence-electron chi connectivity index (χ0n) is 18.8. The number of phenolic OH excluding ortho intramolecular Hbond substituents is 2. The molecule has 7 heteroatoms. The molecule has 0 unspecified atom stereocenters. The van der Waals surface area contributed by atoms with Crippen molar-refractivity contribution < 1.29 is 24.5 Å². The molecule has 2 N–H and O–H groups in total. The minimum Gasteiger partial charge on any atom is -0.508 e. The molecule has 3 aromatic rings. The molecule has 0 fully saturated rings.